The van der Waals surface area contributed by atoms with E-state index in [1.807, 2.05) is 12.4 Å². The highest BCUT2D eigenvalue weighted by atomic mass is 14.9. The van der Waals surface area contributed by atoms with E-state index in [2.05, 4.69) is 62.6 Å². The lowest BCUT2D eigenvalue weighted by Gasteiger charge is -2.18. The summed E-state index contributed by atoms with van der Waals surface area (Å²) < 4.78 is 0. The zero-order valence-corrected chi connectivity index (χ0v) is 12.8. The molecule has 0 aliphatic heterocycles. The highest BCUT2D eigenvalue weighted by molar-refractivity contribution is 5.74. The molecule has 0 saturated heterocycles. The standard InChI is InChI=1S/C16H23N3/c1-15(2,3)8-11-7-12-10-18-14(16(4,5)6)19-13(12)17-9-11/h7,9-10H,8H2,1-6H3. The maximum Gasteiger partial charge on any atom is 0.162 e. The Labute approximate surface area is 115 Å². The van der Waals surface area contributed by atoms with E-state index >= 15 is 0 Å². The van der Waals surface area contributed by atoms with Crippen molar-refractivity contribution < 1.29 is 0 Å². The molecule has 0 saturated carbocycles. The van der Waals surface area contributed by atoms with Crippen LogP contribution in [-0.2, 0) is 11.8 Å². The molecule has 2 aromatic rings. The maximum absolute atomic E-state index is 4.56. The van der Waals surface area contributed by atoms with Gasteiger partial charge in [0.2, 0.25) is 0 Å². The van der Waals surface area contributed by atoms with Crippen molar-refractivity contribution in [2.45, 2.75) is 53.4 Å². The normalized spacial score (nSPS) is 12.9. The fourth-order valence-corrected chi connectivity index (χ4v) is 2.04. The molecule has 0 spiro atoms. The van der Waals surface area contributed by atoms with Gasteiger partial charge < -0.3 is 0 Å². The van der Waals surface area contributed by atoms with Gasteiger partial charge in [0, 0.05) is 23.2 Å². The van der Waals surface area contributed by atoms with Crippen LogP contribution in [-0.4, -0.2) is 15.0 Å². The van der Waals surface area contributed by atoms with Crippen molar-refractivity contribution in [1.29, 1.82) is 0 Å². The molecule has 3 heteroatoms. The molecule has 0 bridgehead atoms. The summed E-state index contributed by atoms with van der Waals surface area (Å²) in [5.74, 6) is 0.844. The van der Waals surface area contributed by atoms with Crippen LogP contribution in [0.1, 0.15) is 52.9 Å². The van der Waals surface area contributed by atoms with Crippen LogP contribution >= 0.6 is 0 Å². The second-order valence-corrected chi connectivity index (χ2v) is 7.44. The molecule has 0 amide bonds. The molecular formula is C16H23N3. The van der Waals surface area contributed by atoms with Gasteiger partial charge in [-0.15, -0.1) is 0 Å². The van der Waals surface area contributed by atoms with E-state index in [4.69, 9.17) is 0 Å². The lowest BCUT2D eigenvalue weighted by atomic mass is 9.88. The topological polar surface area (TPSA) is 38.7 Å². The fourth-order valence-electron chi connectivity index (χ4n) is 2.04. The summed E-state index contributed by atoms with van der Waals surface area (Å²) in [5.41, 5.74) is 2.26. The van der Waals surface area contributed by atoms with Gasteiger partial charge in [0.15, 0.2) is 5.65 Å². The minimum absolute atomic E-state index is 0.0417. The fraction of sp³-hybridized carbons (Fsp3) is 0.562. The molecule has 102 valence electrons. The monoisotopic (exact) mass is 257 g/mol. The third-order valence-corrected chi connectivity index (χ3v) is 2.89. The van der Waals surface area contributed by atoms with Crippen LogP contribution in [0, 0.1) is 5.41 Å². The van der Waals surface area contributed by atoms with Crippen molar-refractivity contribution in [1.82, 2.24) is 15.0 Å². The molecule has 0 fully saturated rings. The van der Waals surface area contributed by atoms with E-state index in [1.165, 1.54) is 5.56 Å². The minimum Gasteiger partial charge on any atom is -0.240 e. The van der Waals surface area contributed by atoms with E-state index < -0.39 is 0 Å². The van der Waals surface area contributed by atoms with E-state index in [1.54, 1.807) is 0 Å². The SMILES string of the molecule is CC(C)(C)Cc1cnc2nc(C(C)(C)C)ncc2c1. The summed E-state index contributed by atoms with van der Waals surface area (Å²) >= 11 is 0. The van der Waals surface area contributed by atoms with Crippen molar-refractivity contribution in [3.8, 4) is 0 Å². The predicted molar refractivity (Wildman–Crippen MR) is 79.2 cm³/mol. The highest BCUT2D eigenvalue weighted by Gasteiger charge is 2.18. The third-order valence-electron chi connectivity index (χ3n) is 2.89. The van der Waals surface area contributed by atoms with Crippen molar-refractivity contribution in [2.24, 2.45) is 5.41 Å². The molecule has 0 aromatic carbocycles. The Morgan fingerprint density at radius 3 is 2.21 bits per heavy atom. The molecule has 0 N–H and O–H groups in total. The smallest absolute Gasteiger partial charge is 0.162 e. The van der Waals surface area contributed by atoms with Crippen LogP contribution in [0.5, 0.6) is 0 Å². The lowest BCUT2D eigenvalue weighted by molar-refractivity contribution is 0.411. The number of hydrogen-bond donors (Lipinski definition) is 0. The van der Waals surface area contributed by atoms with Crippen LogP contribution in [0.3, 0.4) is 0 Å². The molecule has 2 aromatic heterocycles. The number of hydrogen-bond acceptors (Lipinski definition) is 3. The van der Waals surface area contributed by atoms with Gasteiger partial charge in [-0.3, -0.25) is 0 Å². The highest BCUT2D eigenvalue weighted by Crippen LogP contribution is 2.23. The van der Waals surface area contributed by atoms with Crippen LogP contribution in [0.4, 0.5) is 0 Å². The zero-order valence-electron chi connectivity index (χ0n) is 12.8. The molecule has 0 unspecified atom stereocenters. The van der Waals surface area contributed by atoms with Gasteiger partial charge >= 0.3 is 0 Å². The van der Waals surface area contributed by atoms with E-state index in [-0.39, 0.29) is 10.8 Å². The molecule has 19 heavy (non-hydrogen) atoms. The van der Waals surface area contributed by atoms with Gasteiger partial charge in [-0.1, -0.05) is 41.5 Å². The van der Waals surface area contributed by atoms with E-state index in [0.29, 0.717) is 0 Å². The van der Waals surface area contributed by atoms with Crippen LogP contribution in [0.2, 0.25) is 0 Å². The number of fused-ring (bicyclic) bond motifs is 1. The molecule has 0 aliphatic carbocycles. The summed E-state index contributed by atoms with van der Waals surface area (Å²) in [6.45, 7) is 13.0. The van der Waals surface area contributed by atoms with Gasteiger partial charge in [-0.2, -0.15) is 0 Å². The molecular weight excluding hydrogens is 234 g/mol. The van der Waals surface area contributed by atoms with Gasteiger partial charge in [0.25, 0.3) is 0 Å². The molecule has 3 nitrogen and oxygen atoms in total. The Bertz CT molecular complexity index is 589. The first kappa shape index (κ1) is 13.9. The first-order valence-corrected chi connectivity index (χ1v) is 6.77. The van der Waals surface area contributed by atoms with Gasteiger partial charge in [-0.05, 0) is 23.5 Å². The average molecular weight is 257 g/mol. The van der Waals surface area contributed by atoms with Crippen LogP contribution < -0.4 is 0 Å². The quantitative estimate of drug-likeness (QED) is 0.777. The number of rotatable bonds is 1. The van der Waals surface area contributed by atoms with Crippen molar-refractivity contribution in [3.63, 3.8) is 0 Å². The summed E-state index contributed by atoms with van der Waals surface area (Å²) in [5, 5.41) is 1.02. The van der Waals surface area contributed by atoms with Gasteiger partial charge in [0.05, 0.1) is 0 Å². The molecule has 2 heterocycles. The molecule has 0 aliphatic rings. The van der Waals surface area contributed by atoms with Crippen molar-refractivity contribution >= 4 is 11.0 Å². The summed E-state index contributed by atoms with van der Waals surface area (Å²) in [6, 6.07) is 2.15. The molecule has 2 rings (SSSR count). The Kier molecular flexibility index (Phi) is 3.33. The summed E-state index contributed by atoms with van der Waals surface area (Å²) in [7, 11) is 0. The molecule has 0 atom stereocenters. The first-order valence-electron chi connectivity index (χ1n) is 6.77. The molecule has 0 radical (unpaired) electrons. The predicted octanol–water partition coefficient (Wildman–Crippen LogP) is 3.91. The largest absolute Gasteiger partial charge is 0.240 e. The Morgan fingerprint density at radius 1 is 0.947 bits per heavy atom. The lowest BCUT2D eigenvalue weighted by Crippen LogP contribution is -2.16. The summed E-state index contributed by atoms with van der Waals surface area (Å²) in [6.07, 6.45) is 4.84. The van der Waals surface area contributed by atoms with E-state index in [9.17, 15) is 0 Å². The third kappa shape index (κ3) is 3.49. The average Bonchev–Trinajstić information content (AvgIpc) is 2.24. The van der Waals surface area contributed by atoms with Crippen molar-refractivity contribution in [3.05, 3.63) is 29.8 Å². The Morgan fingerprint density at radius 2 is 1.63 bits per heavy atom. The van der Waals surface area contributed by atoms with Crippen LogP contribution in [0.15, 0.2) is 18.5 Å². The van der Waals surface area contributed by atoms with Crippen molar-refractivity contribution in [2.75, 3.05) is 0 Å². The van der Waals surface area contributed by atoms with Crippen LogP contribution in [0.25, 0.3) is 11.0 Å². The number of pyridine rings is 1. The summed E-state index contributed by atoms with van der Waals surface area (Å²) in [4.78, 5) is 13.5. The Hall–Kier alpha value is -1.51. The maximum atomic E-state index is 4.56. The van der Waals surface area contributed by atoms with Gasteiger partial charge in [0.1, 0.15) is 5.82 Å². The second kappa shape index (κ2) is 4.55. The number of aromatic nitrogens is 3. The van der Waals surface area contributed by atoms with E-state index in [0.717, 1.165) is 23.3 Å². The number of nitrogens with zero attached hydrogens (tertiary/aromatic N) is 3. The Balaban J connectivity index is 2.41. The zero-order chi connectivity index (χ0) is 14.3. The van der Waals surface area contributed by atoms with Gasteiger partial charge in [-0.25, -0.2) is 15.0 Å². The first-order chi connectivity index (χ1) is 8.65. The second-order valence-electron chi connectivity index (χ2n) is 7.44. The minimum atomic E-state index is -0.0417.